The van der Waals surface area contributed by atoms with Crippen LogP contribution in [0.4, 0.5) is 0 Å². The van der Waals surface area contributed by atoms with E-state index < -0.39 is 0 Å². The molecule has 4 nitrogen and oxygen atoms in total. The highest BCUT2D eigenvalue weighted by molar-refractivity contribution is 9.10. The molecule has 0 amide bonds. The largest absolute Gasteiger partial charge is 0.497 e. The Hall–Kier alpha value is -1.59. The van der Waals surface area contributed by atoms with Gasteiger partial charge in [0.2, 0.25) is 0 Å². The molecular weight excluding hydrogens is 332 g/mol. The van der Waals surface area contributed by atoms with Crippen molar-refractivity contribution in [3.63, 3.8) is 0 Å². The van der Waals surface area contributed by atoms with E-state index >= 15 is 0 Å². The first-order valence-electron chi connectivity index (χ1n) is 6.69. The van der Waals surface area contributed by atoms with Crippen molar-refractivity contribution in [2.24, 2.45) is 0 Å². The second kappa shape index (κ2) is 7.43. The van der Waals surface area contributed by atoms with Gasteiger partial charge in [0.15, 0.2) is 0 Å². The lowest BCUT2D eigenvalue weighted by Crippen LogP contribution is -2.19. The highest BCUT2D eigenvalue weighted by Gasteiger charge is 2.12. The number of pyridine rings is 1. The van der Waals surface area contributed by atoms with Crippen molar-refractivity contribution in [2.75, 3.05) is 14.2 Å². The third-order valence-corrected chi connectivity index (χ3v) is 3.75. The summed E-state index contributed by atoms with van der Waals surface area (Å²) in [6.45, 7) is 2.78. The molecule has 0 radical (unpaired) electrons. The van der Waals surface area contributed by atoms with Gasteiger partial charge in [0.05, 0.1) is 19.9 Å². The molecule has 0 saturated carbocycles. The fourth-order valence-corrected chi connectivity index (χ4v) is 2.29. The van der Waals surface area contributed by atoms with E-state index in [1.165, 1.54) is 0 Å². The Morgan fingerprint density at radius 1 is 1.19 bits per heavy atom. The number of hydrogen-bond acceptors (Lipinski definition) is 4. The van der Waals surface area contributed by atoms with E-state index in [0.717, 1.165) is 27.2 Å². The highest BCUT2D eigenvalue weighted by atomic mass is 79.9. The summed E-state index contributed by atoms with van der Waals surface area (Å²) in [4.78, 5) is 4.35. The fourth-order valence-electron chi connectivity index (χ4n) is 2.06. The number of nitrogens with one attached hydrogen (secondary N) is 1. The number of benzene rings is 1. The van der Waals surface area contributed by atoms with E-state index in [1.807, 2.05) is 30.3 Å². The van der Waals surface area contributed by atoms with Crippen molar-refractivity contribution < 1.29 is 9.47 Å². The maximum absolute atomic E-state index is 5.42. The van der Waals surface area contributed by atoms with Crippen molar-refractivity contribution in [2.45, 2.75) is 19.5 Å². The van der Waals surface area contributed by atoms with Crippen LogP contribution in [0.1, 0.15) is 24.2 Å². The van der Waals surface area contributed by atoms with Crippen molar-refractivity contribution in [1.29, 1.82) is 0 Å². The minimum Gasteiger partial charge on any atom is -0.497 e. The molecule has 1 unspecified atom stereocenters. The molecule has 1 atom stereocenters. The zero-order valence-corrected chi connectivity index (χ0v) is 14.0. The van der Waals surface area contributed by atoms with Crippen molar-refractivity contribution in [3.8, 4) is 11.5 Å². The molecule has 21 heavy (non-hydrogen) atoms. The van der Waals surface area contributed by atoms with E-state index in [1.54, 1.807) is 20.4 Å². The van der Waals surface area contributed by atoms with Crippen molar-refractivity contribution >= 4 is 15.9 Å². The molecule has 1 aromatic carbocycles. The third kappa shape index (κ3) is 4.19. The van der Waals surface area contributed by atoms with Gasteiger partial charge >= 0.3 is 0 Å². The molecule has 5 heteroatoms. The van der Waals surface area contributed by atoms with Gasteiger partial charge in [-0.3, -0.25) is 4.98 Å². The molecule has 1 heterocycles. The third-order valence-electron chi connectivity index (χ3n) is 3.28. The number of methoxy groups -OCH3 is 2. The second-order valence-electron chi connectivity index (χ2n) is 4.68. The van der Waals surface area contributed by atoms with Gasteiger partial charge in [0.25, 0.3) is 0 Å². The van der Waals surface area contributed by atoms with Crippen LogP contribution in [0.2, 0.25) is 0 Å². The van der Waals surface area contributed by atoms with Gasteiger partial charge in [-0.1, -0.05) is 0 Å². The molecule has 0 fully saturated rings. The summed E-state index contributed by atoms with van der Waals surface area (Å²) in [5.41, 5.74) is 2.06. The Labute approximate surface area is 133 Å². The number of rotatable bonds is 6. The van der Waals surface area contributed by atoms with Gasteiger partial charge in [-0.05, 0) is 53.2 Å². The van der Waals surface area contributed by atoms with Crippen LogP contribution in [0.25, 0.3) is 0 Å². The first-order valence-corrected chi connectivity index (χ1v) is 7.49. The molecule has 0 aliphatic rings. The van der Waals surface area contributed by atoms with Crippen LogP contribution < -0.4 is 14.8 Å². The maximum atomic E-state index is 5.42. The van der Waals surface area contributed by atoms with E-state index in [-0.39, 0.29) is 6.04 Å². The Kier molecular flexibility index (Phi) is 5.59. The Balaban J connectivity index is 2.08. The second-order valence-corrected chi connectivity index (χ2v) is 5.59. The Morgan fingerprint density at radius 3 is 2.62 bits per heavy atom. The Morgan fingerprint density at radius 2 is 2.00 bits per heavy atom. The lowest BCUT2D eigenvalue weighted by Gasteiger charge is -2.18. The SMILES string of the molecule is COc1ccc(OC)c(C(C)NCc2ccc(Br)cn2)c1. The number of halogens is 1. The van der Waals surface area contributed by atoms with Crippen LogP contribution >= 0.6 is 15.9 Å². The summed E-state index contributed by atoms with van der Waals surface area (Å²) in [6.07, 6.45) is 1.80. The average Bonchev–Trinajstić information content (AvgIpc) is 2.53. The number of hydrogen-bond donors (Lipinski definition) is 1. The topological polar surface area (TPSA) is 43.4 Å². The molecule has 1 N–H and O–H groups in total. The standard InChI is InChI=1S/C16H19BrN2O2/c1-11(18-10-13-5-4-12(17)9-19-13)15-8-14(20-2)6-7-16(15)21-3/h4-9,11,18H,10H2,1-3H3. The molecule has 0 saturated heterocycles. The molecule has 0 aliphatic carbocycles. The monoisotopic (exact) mass is 350 g/mol. The molecule has 0 bridgehead atoms. The number of nitrogens with zero attached hydrogens (tertiary/aromatic N) is 1. The lowest BCUT2D eigenvalue weighted by atomic mass is 10.1. The number of aromatic nitrogens is 1. The molecule has 2 aromatic rings. The van der Waals surface area contributed by atoms with E-state index in [9.17, 15) is 0 Å². The number of ether oxygens (including phenoxy) is 2. The molecule has 112 valence electrons. The fraction of sp³-hybridized carbons (Fsp3) is 0.312. The van der Waals surface area contributed by atoms with Crippen molar-refractivity contribution in [3.05, 3.63) is 52.3 Å². The van der Waals surface area contributed by atoms with Gasteiger partial charge in [-0.2, -0.15) is 0 Å². The van der Waals surface area contributed by atoms with Gasteiger partial charge < -0.3 is 14.8 Å². The van der Waals surface area contributed by atoms with Gasteiger partial charge in [0.1, 0.15) is 11.5 Å². The zero-order valence-electron chi connectivity index (χ0n) is 12.4. The van der Waals surface area contributed by atoms with Crippen LogP contribution in [-0.4, -0.2) is 19.2 Å². The van der Waals surface area contributed by atoms with Crippen LogP contribution in [-0.2, 0) is 6.54 Å². The summed E-state index contributed by atoms with van der Waals surface area (Å²) in [7, 11) is 3.34. The van der Waals surface area contributed by atoms with Gasteiger partial charge in [-0.25, -0.2) is 0 Å². The van der Waals surface area contributed by atoms with Gasteiger partial charge in [-0.15, -0.1) is 0 Å². The minimum absolute atomic E-state index is 0.125. The first kappa shape index (κ1) is 15.8. The quantitative estimate of drug-likeness (QED) is 0.862. The minimum atomic E-state index is 0.125. The normalized spacial score (nSPS) is 12.0. The average molecular weight is 351 g/mol. The maximum Gasteiger partial charge on any atom is 0.123 e. The zero-order chi connectivity index (χ0) is 15.2. The molecule has 0 spiro atoms. The highest BCUT2D eigenvalue weighted by Crippen LogP contribution is 2.29. The molecule has 1 aromatic heterocycles. The lowest BCUT2D eigenvalue weighted by molar-refractivity contribution is 0.391. The predicted molar refractivity (Wildman–Crippen MR) is 86.7 cm³/mol. The molecule has 2 rings (SSSR count). The predicted octanol–water partition coefficient (Wildman–Crippen LogP) is 3.71. The summed E-state index contributed by atoms with van der Waals surface area (Å²) < 4.78 is 11.7. The first-order chi connectivity index (χ1) is 10.1. The van der Waals surface area contributed by atoms with E-state index in [0.29, 0.717) is 6.54 Å². The summed E-state index contributed by atoms with van der Waals surface area (Å²) in [5, 5.41) is 3.45. The van der Waals surface area contributed by atoms with Gasteiger partial charge in [0, 0.05) is 28.8 Å². The van der Waals surface area contributed by atoms with Crippen LogP contribution in [0, 0.1) is 0 Å². The summed E-state index contributed by atoms with van der Waals surface area (Å²) >= 11 is 3.38. The molecular formula is C16H19BrN2O2. The van der Waals surface area contributed by atoms with Crippen molar-refractivity contribution in [1.82, 2.24) is 10.3 Å². The summed E-state index contributed by atoms with van der Waals surface area (Å²) in [5.74, 6) is 1.67. The molecule has 0 aliphatic heterocycles. The van der Waals surface area contributed by atoms with Crippen LogP contribution in [0.15, 0.2) is 41.0 Å². The summed E-state index contributed by atoms with van der Waals surface area (Å²) in [6, 6.07) is 9.91. The van der Waals surface area contributed by atoms with E-state index in [2.05, 4.69) is 33.2 Å². The van der Waals surface area contributed by atoms with Crippen LogP contribution in [0.5, 0.6) is 11.5 Å². The smallest absolute Gasteiger partial charge is 0.123 e. The van der Waals surface area contributed by atoms with Crippen LogP contribution in [0.3, 0.4) is 0 Å². The van der Waals surface area contributed by atoms with E-state index in [4.69, 9.17) is 9.47 Å². The Bertz CT molecular complexity index is 587.